The van der Waals surface area contributed by atoms with E-state index >= 15 is 0 Å². The van der Waals surface area contributed by atoms with Crippen LogP contribution in [0.1, 0.15) is 59.8 Å². The first-order valence-corrected chi connectivity index (χ1v) is 6.53. The van der Waals surface area contributed by atoms with Crippen molar-refractivity contribution in [2.24, 2.45) is 29.1 Å². The van der Waals surface area contributed by atoms with Crippen LogP contribution in [0.5, 0.6) is 0 Å². The first-order valence-electron chi connectivity index (χ1n) is 6.53. The van der Waals surface area contributed by atoms with Crippen LogP contribution in [0.3, 0.4) is 0 Å². The van der Waals surface area contributed by atoms with Gasteiger partial charge in [-0.15, -0.1) is 0 Å². The molecular weight excluding hydrogens is 168 g/mol. The highest BCUT2D eigenvalue weighted by atomic mass is 14.5. The lowest BCUT2D eigenvalue weighted by Gasteiger charge is -2.41. The van der Waals surface area contributed by atoms with Gasteiger partial charge in [0.2, 0.25) is 0 Å². The number of hydrogen-bond acceptors (Lipinski definition) is 0. The van der Waals surface area contributed by atoms with Crippen molar-refractivity contribution in [3.63, 3.8) is 0 Å². The van der Waals surface area contributed by atoms with Crippen molar-refractivity contribution >= 4 is 0 Å². The summed E-state index contributed by atoms with van der Waals surface area (Å²) in [5.74, 6) is 3.96. The molecule has 2 aliphatic carbocycles. The standard InChI is InChI=1S/C14H26/c1-10(2)12-9-11(3)5-6-13(12)14(4)7-8-14/h10-13H,5-9H2,1-4H3/t11-,12+,13-/m1/s1. The van der Waals surface area contributed by atoms with Gasteiger partial charge in [-0.1, -0.05) is 34.1 Å². The Hall–Kier alpha value is 0. The summed E-state index contributed by atoms with van der Waals surface area (Å²) < 4.78 is 0. The fraction of sp³-hybridized carbons (Fsp3) is 1.00. The van der Waals surface area contributed by atoms with E-state index in [1.807, 2.05) is 0 Å². The van der Waals surface area contributed by atoms with Gasteiger partial charge >= 0.3 is 0 Å². The van der Waals surface area contributed by atoms with E-state index in [0.717, 1.165) is 29.1 Å². The third-order valence-electron chi connectivity index (χ3n) is 4.95. The Morgan fingerprint density at radius 3 is 2.29 bits per heavy atom. The van der Waals surface area contributed by atoms with Gasteiger partial charge < -0.3 is 0 Å². The molecule has 0 saturated heterocycles. The predicted octanol–water partition coefficient (Wildman–Crippen LogP) is 4.49. The maximum Gasteiger partial charge on any atom is -0.0294 e. The topological polar surface area (TPSA) is 0 Å². The summed E-state index contributed by atoms with van der Waals surface area (Å²) in [6.45, 7) is 9.84. The molecule has 0 nitrogen and oxygen atoms in total. The molecule has 0 heteroatoms. The van der Waals surface area contributed by atoms with Crippen LogP contribution in [-0.4, -0.2) is 0 Å². The van der Waals surface area contributed by atoms with Gasteiger partial charge in [0.15, 0.2) is 0 Å². The molecule has 0 spiro atoms. The van der Waals surface area contributed by atoms with E-state index in [2.05, 4.69) is 27.7 Å². The van der Waals surface area contributed by atoms with Gasteiger partial charge in [0.25, 0.3) is 0 Å². The second-order valence-electron chi connectivity index (χ2n) is 6.59. The quantitative estimate of drug-likeness (QED) is 0.607. The molecule has 0 aromatic heterocycles. The average molecular weight is 194 g/mol. The van der Waals surface area contributed by atoms with Crippen molar-refractivity contribution in [1.29, 1.82) is 0 Å². The first-order chi connectivity index (χ1) is 6.53. The van der Waals surface area contributed by atoms with E-state index in [0.29, 0.717) is 0 Å². The van der Waals surface area contributed by atoms with Gasteiger partial charge in [-0.2, -0.15) is 0 Å². The Balaban J connectivity index is 2.06. The lowest BCUT2D eigenvalue weighted by atomic mass is 9.64. The number of hydrogen-bond donors (Lipinski definition) is 0. The molecule has 3 atom stereocenters. The van der Waals surface area contributed by atoms with Gasteiger partial charge in [-0.3, -0.25) is 0 Å². The lowest BCUT2D eigenvalue weighted by molar-refractivity contribution is 0.0881. The fourth-order valence-electron chi connectivity index (χ4n) is 3.59. The van der Waals surface area contributed by atoms with Gasteiger partial charge in [0.1, 0.15) is 0 Å². The van der Waals surface area contributed by atoms with Crippen molar-refractivity contribution in [3.05, 3.63) is 0 Å². The van der Waals surface area contributed by atoms with Crippen LogP contribution in [0.15, 0.2) is 0 Å². The van der Waals surface area contributed by atoms with Gasteiger partial charge in [-0.05, 0) is 54.8 Å². The fourth-order valence-corrected chi connectivity index (χ4v) is 3.59. The van der Waals surface area contributed by atoms with Crippen LogP contribution in [-0.2, 0) is 0 Å². The molecule has 2 saturated carbocycles. The van der Waals surface area contributed by atoms with Crippen molar-refractivity contribution < 1.29 is 0 Å². The SMILES string of the molecule is CC(C)[C@@H]1C[C@H](C)CC[C@H]1C1(C)CC1. The summed E-state index contributed by atoms with van der Waals surface area (Å²) in [6.07, 6.45) is 7.52. The summed E-state index contributed by atoms with van der Waals surface area (Å²) in [5, 5.41) is 0. The molecule has 0 aromatic carbocycles. The Morgan fingerprint density at radius 1 is 1.14 bits per heavy atom. The molecule has 0 radical (unpaired) electrons. The third kappa shape index (κ3) is 1.85. The zero-order valence-corrected chi connectivity index (χ0v) is 10.3. The first kappa shape index (κ1) is 10.5. The molecule has 2 fully saturated rings. The smallest absolute Gasteiger partial charge is 0.0294 e. The van der Waals surface area contributed by atoms with Crippen molar-refractivity contribution in [3.8, 4) is 0 Å². The molecule has 0 amide bonds. The molecule has 0 N–H and O–H groups in total. The molecule has 82 valence electrons. The summed E-state index contributed by atoms with van der Waals surface area (Å²) >= 11 is 0. The Kier molecular flexibility index (Phi) is 2.66. The average Bonchev–Trinajstić information content (AvgIpc) is 2.84. The zero-order valence-electron chi connectivity index (χ0n) is 10.3. The molecule has 0 heterocycles. The normalized spacial score (nSPS) is 41.4. The molecule has 2 aliphatic rings. The van der Waals surface area contributed by atoms with Crippen molar-refractivity contribution in [2.45, 2.75) is 59.8 Å². The molecule has 14 heavy (non-hydrogen) atoms. The van der Waals surface area contributed by atoms with Crippen LogP contribution in [0.4, 0.5) is 0 Å². The zero-order chi connectivity index (χ0) is 10.3. The van der Waals surface area contributed by atoms with E-state index in [1.54, 1.807) is 0 Å². The molecule has 0 bridgehead atoms. The Morgan fingerprint density at radius 2 is 1.79 bits per heavy atom. The Bertz CT molecular complexity index is 200. The minimum atomic E-state index is 0.759. The largest absolute Gasteiger partial charge is 0.0625 e. The van der Waals surface area contributed by atoms with Crippen LogP contribution in [0, 0.1) is 29.1 Å². The third-order valence-corrected chi connectivity index (χ3v) is 4.95. The van der Waals surface area contributed by atoms with Gasteiger partial charge in [0, 0.05) is 0 Å². The highest BCUT2D eigenvalue weighted by Gasteiger charge is 2.49. The molecule has 0 aliphatic heterocycles. The number of rotatable bonds is 2. The maximum absolute atomic E-state index is 2.53. The minimum absolute atomic E-state index is 0.759. The maximum atomic E-state index is 2.53. The van der Waals surface area contributed by atoms with E-state index < -0.39 is 0 Å². The monoisotopic (exact) mass is 194 g/mol. The lowest BCUT2D eigenvalue weighted by Crippen LogP contribution is -2.32. The Labute approximate surface area is 89.5 Å². The minimum Gasteiger partial charge on any atom is -0.0625 e. The summed E-state index contributed by atoms with van der Waals surface area (Å²) in [7, 11) is 0. The van der Waals surface area contributed by atoms with E-state index in [4.69, 9.17) is 0 Å². The van der Waals surface area contributed by atoms with E-state index in [-0.39, 0.29) is 0 Å². The van der Waals surface area contributed by atoms with Gasteiger partial charge in [-0.25, -0.2) is 0 Å². The predicted molar refractivity (Wildman–Crippen MR) is 62.2 cm³/mol. The van der Waals surface area contributed by atoms with E-state index in [9.17, 15) is 0 Å². The highest BCUT2D eigenvalue weighted by Crippen LogP contribution is 2.59. The van der Waals surface area contributed by atoms with Crippen molar-refractivity contribution in [2.75, 3.05) is 0 Å². The van der Waals surface area contributed by atoms with Crippen LogP contribution in [0.25, 0.3) is 0 Å². The summed E-state index contributed by atoms with van der Waals surface area (Å²) in [6, 6.07) is 0. The van der Waals surface area contributed by atoms with Gasteiger partial charge in [0.05, 0.1) is 0 Å². The second kappa shape index (κ2) is 3.54. The molecular formula is C14H26. The van der Waals surface area contributed by atoms with Crippen LogP contribution >= 0.6 is 0 Å². The highest BCUT2D eigenvalue weighted by molar-refractivity contribution is 4.99. The molecule has 0 unspecified atom stereocenters. The molecule has 2 rings (SSSR count). The van der Waals surface area contributed by atoms with Crippen LogP contribution < -0.4 is 0 Å². The van der Waals surface area contributed by atoms with E-state index in [1.165, 1.54) is 32.1 Å². The van der Waals surface area contributed by atoms with Crippen molar-refractivity contribution in [1.82, 2.24) is 0 Å². The molecule has 0 aromatic rings. The van der Waals surface area contributed by atoms with Crippen LogP contribution in [0.2, 0.25) is 0 Å². The second-order valence-corrected chi connectivity index (χ2v) is 6.59. The summed E-state index contributed by atoms with van der Waals surface area (Å²) in [4.78, 5) is 0. The summed E-state index contributed by atoms with van der Waals surface area (Å²) in [5.41, 5.74) is 0.759.